The molecule has 3 rings (SSSR count). The first-order chi connectivity index (χ1) is 12.6. The first-order valence-corrected chi connectivity index (χ1v) is 9.73. The largest absolute Gasteiger partial charge is 0.338 e. The zero-order valence-electron chi connectivity index (χ0n) is 15.7. The zero-order valence-corrected chi connectivity index (χ0v) is 16.5. The molecule has 26 heavy (non-hydrogen) atoms. The molecular formula is C21H25N3OS. The number of hydrogen-bond donors (Lipinski definition) is 1. The van der Waals surface area contributed by atoms with E-state index in [9.17, 15) is 0 Å². The van der Waals surface area contributed by atoms with Crippen molar-refractivity contribution in [2.45, 2.75) is 43.4 Å². The maximum Gasteiger partial charge on any atom is 0.244 e. The molecular weight excluding hydrogens is 342 g/mol. The lowest BCUT2D eigenvalue weighted by Gasteiger charge is -2.15. The Morgan fingerprint density at radius 1 is 1.12 bits per heavy atom. The number of aromatic nitrogens is 2. The van der Waals surface area contributed by atoms with E-state index in [4.69, 9.17) is 4.52 Å². The minimum Gasteiger partial charge on any atom is -0.338 e. The maximum atomic E-state index is 5.65. The Bertz CT molecular complexity index is 847. The monoisotopic (exact) mass is 367 g/mol. The van der Waals surface area contributed by atoms with Crippen LogP contribution in [0.1, 0.15) is 40.6 Å². The van der Waals surface area contributed by atoms with E-state index >= 15 is 0 Å². The normalized spacial score (nSPS) is 13.5. The summed E-state index contributed by atoms with van der Waals surface area (Å²) in [6, 6.07) is 17.2. The molecule has 0 aliphatic rings. The van der Waals surface area contributed by atoms with Gasteiger partial charge in [-0.25, -0.2) is 0 Å². The van der Waals surface area contributed by atoms with Crippen LogP contribution < -0.4 is 5.32 Å². The number of hydrogen-bond acceptors (Lipinski definition) is 5. The molecule has 2 unspecified atom stereocenters. The summed E-state index contributed by atoms with van der Waals surface area (Å²) in [4.78, 5) is 5.91. The summed E-state index contributed by atoms with van der Waals surface area (Å²) in [6.45, 7) is 6.36. The van der Waals surface area contributed by atoms with E-state index in [0.717, 1.165) is 17.8 Å². The van der Waals surface area contributed by atoms with Crippen LogP contribution in [0.4, 0.5) is 0 Å². The lowest BCUT2D eigenvalue weighted by molar-refractivity contribution is 0.375. The number of rotatable bonds is 7. The summed E-state index contributed by atoms with van der Waals surface area (Å²) < 4.78 is 5.65. The summed E-state index contributed by atoms with van der Waals surface area (Å²) >= 11 is 1.76. The number of thioether (sulfide) groups is 1. The van der Waals surface area contributed by atoms with Gasteiger partial charge in [0.2, 0.25) is 5.89 Å². The lowest BCUT2D eigenvalue weighted by atomic mass is 10.1. The SMILES string of the molecule is CNC(C)Cc1noc(C(Sc2ccc(C)cc2C)c2ccccc2)n1. The van der Waals surface area contributed by atoms with E-state index in [2.05, 4.69) is 66.6 Å². The molecule has 0 amide bonds. The second-order valence-electron chi connectivity index (χ2n) is 6.62. The van der Waals surface area contributed by atoms with E-state index in [1.54, 1.807) is 11.8 Å². The van der Waals surface area contributed by atoms with Gasteiger partial charge in [0.25, 0.3) is 0 Å². The van der Waals surface area contributed by atoms with Gasteiger partial charge in [-0.1, -0.05) is 53.2 Å². The van der Waals surface area contributed by atoms with Crippen LogP contribution in [0.5, 0.6) is 0 Å². The van der Waals surface area contributed by atoms with Crippen molar-refractivity contribution in [3.8, 4) is 0 Å². The quantitative estimate of drug-likeness (QED) is 0.613. The fraction of sp³-hybridized carbons (Fsp3) is 0.333. The second kappa shape index (κ2) is 8.52. The Morgan fingerprint density at radius 3 is 2.58 bits per heavy atom. The van der Waals surface area contributed by atoms with Gasteiger partial charge in [0, 0.05) is 17.4 Å². The topological polar surface area (TPSA) is 51.0 Å². The van der Waals surface area contributed by atoms with Gasteiger partial charge in [-0.05, 0) is 45.0 Å². The van der Waals surface area contributed by atoms with Gasteiger partial charge in [-0.2, -0.15) is 4.98 Å². The molecule has 4 nitrogen and oxygen atoms in total. The summed E-state index contributed by atoms with van der Waals surface area (Å²) in [5, 5.41) is 7.37. The summed E-state index contributed by atoms with van der Waals surface area (Å²) in [5.74, 6) is 1.39. The molecule has 1 heterocycles. The Hall–Kier alpha value is -2.11. The van der Waals surface area contributed by atoms with E-state index < -0.39 is 0 Å². The molecule has 5 heteroatoms. The smallest absolute Gasteiger partial charge is 0.244 e. The average Bonchev–Trinajstić information content (AvgIpc) is 3.09. The van der Waals surface area contributed by atoms with Crippen molar-refractivity contribution in [3.05, 3.63) is 76.9 Å². The third-order valence-electron chi connectivity index (χ3n) is 4.37. The van der Waals surface area contributed by atoms with Crippen LogP contribution in [0, 0.1) is 13.8 Å². The van der Waals surface area contributed by atoms with Gasteiger partial charge < -0.3 is 9.84 Å². The Kier molecular flexibility index (Phi) is 6.12. The Morgan fingerprint density at radius 2 is 1.88 bits per heavy atom. The van der Waals surface area contributed by atoms with Crippen molar-refractivity contribution in [2.24, 2.45) is 0 Å². The molecule has 0 saturated heterocycles. The zero-order chi connectivity index (χ0) is 18.5. The van der Waals surface area contributed by atoms with Gasteiger partial charge in [-0.15, -0.1) is 11.8 Å². The van der Waals surface area contributed by atoms with Gasteiger partial charge in [0.15, 0.2) is 5.82 Å². The van der Waals surface area contributed by atoms with Crippen molar-refractivity contribution in [3.63, 3.8) is 0 Å². The van der Waals surface area contributed by atoms with Crippen molar-refractivity contribution in [2.75, 3.05) is 7.05 Å². The molecule has 2 aromatic carbocycles. The third-order valence-corrected chi connectivity index (χ3v) is 5.79. The minimum atomic E-state index is -0.0243. The van der Waals surface area contributed by atoms with Crippen LogP contribution in [-0.4, -0.2) is 23.2 Å². The Balaban J connectivity index is 1.91. The molecule has 1 aromatic heterocycles. The maximum absolute atomic E-state index is 5.65. The van der Waals surface area contributed by atoms with Gasteiger partial charge >= 0.3 is 0 Å². The summed E-state index contributed by atoms with van der Waals surface area (Å²) in [5.41, 5.74) is 3.69. The second-order valence-corrected chi connectivity index (χ2v) is 7.77. The third kappa shape index (κ3) is 4.54. The first-order valence-electron chi connectivity index (χ1n) is 8.85. The molecule has 3 aromatic rings. The number of nitrogens with one attached hydrogen (secondary N) is 1. The Labute approximate surface area is 159 Å². The van der Waals surface area contributed by atoms with E-state index in [1.807, 2.05) is 25.2 Å². The number of aryl methyl sites for hydroxylation is 2. The molecule has 2 atom stereocenters. The molecule has 136 valence electrons. The van der Waals surface area contributed by atoms with E-state index in [1.165, 1.54) is 16.0 Å². The van der Waals surface area contributed by atoms with Crippen LogP contribution in [0.3, 0.4) is 0 Å². The number of nitrogens with zero attached hydrogens (tertiary/aromatic N) is 2. The molecule has 0 aliphatic carbocycles. The molecule has 1 N–H and O–H groups in total. The van der Waals surface area contributed by atoms with Gasteiger partial charge in [0.1, 0.15) is 5.25 Å². The molecule has 0 radical (unpaired) electrons. The molecule has 0 bridgehead atoms. The molecule has 0 fully saturated rings. The number of likely N-dealkylation sites (N-methyl/N-ethyl adjacent to an activating group) is 1. The molecule has 0 aliphatic heterocycles. The fourth-order valence-corrected chi connectivity index (χ4v) is 3.92. The van der Waals surface area contributed by atoms with Gasteiger partial charge in [-0.3, -0.25) is 0 Å². The standard InChI is InChI=1S/C21H25N3OS/c1-14-10-11-18(15(2)12-14)26-20(17-8-6-5-7-9-17)21-23-19(24-25-21)13-16(3)22-4/h5-12,16,20,22H,13H2,1-4H3. The van der Waals surface area contributed by atoms with E-state index in [-0.39, 0.29) is 5.25 Å². The fourth-order valence-electron chi connectivity index (χ4n) is 2.78. The van der Waals surface area contributed by atoms with Gasteiger partial charge in [0.05, 0.1) is 0 Å². The van der Waals surface area contributed by atoms with Crippen LogP contribution in [0.2, 0.25) is 0 Å². The highest BCUT2D eigenvalue weighted by atomic mass is 32.2. The predicted molar refractivity (Wildman–Crippen MR) is 107 cm³/mol. The molecule has 0 saturated carbocycles. The highest BCUT2D eigenvalue weighted by molar-refractivity contribution is 7.99. The van der Waals surface area contributed by atoms with Crippen molar-refractivity contribution >= 4 is 11.8 Å². The highest BCUT2D eigenvalue weighted by Gasteiger charge is 2.23. The van der Waals surface area contributed by atoms with Crippen LogP contribution in [0.15, 0.2) is 57.9 Å². The molecule has 0 spiro atoms. The lowest BCUT2D eigenvalue weighted by Crippen LogP contribution is -2.24. The van der Waals surface area contributed by atoms with Crippen molar-refractivity contribution < 1.29 is 4.52 Å². The summed E-state index contributed by atoms with van der Waals surface area (Å²) in [6.07, 6.45) is 0.746. The predicted octanol–water partition coefficient (Wildman–Crippen LogP) is 4.72. The highest BCUT2D eigenvalue weighted by Crippen LogP contribution is 2.41. The summed E-state index contributed by atoms with van der Waals surface area (Å²) in [7, 11) is 1.94. The van der Waals surface area contributed by atoms with Crippen LogP contribution in [0.25, 0.3) is 0 Å². The minimum absolute atomic E-state index is 0.0243. The average molecular weight is 368 g/mol. The van der Waals surface area contributed by atoms with Crippen molar-refractivity contribution in [1.82, 2.24) is 15.5 Å². The van der Waals surface area contributed by atoms with Crippen molar-refractivity contribution in [1.29, 1.82) is 0 Å². The van der Waals surface area contributed by atoms with E-state index in [0.29, 0.717) is 11.9 Å². The van der Waals surface area contributed by atoms with Crippen LogP contribution in [-0.2, 0) is 6.42 Å². The van der Waals surface area contributed by atoms with Crippen LogP contribution >= 0.6 is 11.8 Å². The first kappa shape index (κ1) is 18.7. The number of benzene rings is 2.